The summed E-state index contributed by atoms with van der Waals surface area (Å²) in [4.78, 5) is 4.16. The van der Waals surface area contributed by atoms with Gasteiger partial charge in [0.1, 0.15) is 5.82 Å². The second-order valence-electron chi connectivity index (χ2n) is 3.82. The van der Waals surface area contributed by atoms with Crippen molar-refractivity contribution in [2.75, 3.05) is 5.32 Å². The molecular weight excluding hydrogens is 207 g/mol. The topological polar surface area (TPSA) is 62.4 Å². The van der Waals surface area contributed by atoms with Gasteiger partial charge in [0.2, 0.25) is 5.96 Å². The van der Waals surface area contributed by atoms with E-state index in [9.17, 15) is 4.39 Å². The van der Waals surface area contributed by atoms with E-state index >= 15 is 0 Å². The number of hydrazine groups is 1. The van der Waals surface area contributed by atoms with E-state index in [-0.39, 0.29) is 11.9 Å². The summed E-state index contributed by atoms with van der Waals surface area (Å²) in [6.45, 7) is 5.71. The van der Waals surface area contributed by atoms with Crippen molar-refractivity contribution >= 4 is 11.6 Å². The molecule has 1 rings (SSSR count). The first-order valence-corrected chi connectivity index (χ1v) is 5.10. The summed E-state index contributed by atoms with van der Waals surface area (Å²) >= 11 is 0. The molecule has 88 valence electrons. The largest absolute Gasteiger partial charge is 0.323 e. The fourth-order valence-electron chi connectivity index (χ4n) is 1.23. The molecule has 0 saturated carbocycles. The maximum Gasteiger partial charge on any atom is 0.210 e. The van der Waals surface area contributed by atoms with Crippen molar-refractivity contribution in [2.24, 2.45) is 10.8 Å². The number of aryl methyl sites for hydroxylation is 1. The lowest BCUT2D eigenvalue weighted by molar-refractivity contribution is 0.631. The number of anilines is 1. The van der Waals surface area contributed by atoms with Crippen molar-refractivity contribution in [2.45, 2.75) is 26.8 Å². The van der Waals surface area contributed by atoms with Crippen molar-refractivity contribution in [3.8, 4) is 0 Å². The van der Waals surface area contributed by atoms with Gasteiger partial charge >= 0.3 is 0 Å². The third-order valence-electron chi connectivity index (χ3n) is 1.90. The van der Waals surface area contributed by atoms with Crippen LogP contribution in [0.2, 0.25) is 0 Å². The molecule has 4 N–H and O–H groups in total. The number of hydrogen-bond donors (Lipinski definition) is 3. The Hall–Kier alpha value is -1.62. The fourth-order valence-corrected chi connectivity index (χ4v) is 1.23. The summed E-state index contributed by atoms with van der Waals surface area (Å²) in [7, 11) is 0. The van der Waals surface area contributed by atoms with Gasteiger partial charge in [-0.15, -0.1) is 0 Å². The van der Waals surface area contributed by atoms with E-state index < -0.39 is 0 Å². The molecule has 0 radical (unpaired) electrons. The van der Waals surface area contributed by atoms with Gasteiger partial charge in [0.05, 0.1) is 5.69 Å². The number of benzene rings is 1. The Balaban J connectivity index is 2.90. The van der Waals surface area contributed by atoms with Crippen LogP contribution in [0.15, 0.2) is 23.2 Å². The summed E-state index contributed by atoms with van der Waals surface area (Å²) in [6, 6.07) is 4.88. The maximum atomic E-state index is 13.4. The second-order valence-corrected chi connectivity index (χ2v) is 3.82. The first-order valence-electron chi connectivity index (χ1n) is 5.10. The first kappa shape index (κ1) is 12.4. The number of hydrogen-bond acceptors (Lipinski definition) is 2. The molecule has 1 aromatic rings. The molecule has 0 aliphatic heterocycles. The number of guanidine groups is 1. The first-order chi connectivity index (χ1) is 7.52. The molecule has 1 aromatic carbocycles. The average molecular weight is 224 g/mol. The van der Waals surface area contributed by atoms with Crippen LogP contribution in [0, 0.1) is 12.7 Å². The van der Waals surface area contributed by atoms with Gasteiger partial charge < -0.3 is 5.32 Å². The minimum absolute atomic E-state index is 0.0754. The Morgan fingerprint density at radius 1 is 1.44 bits per heavy atom. The number of rotatable bonds is 2. The van der Waals surface area contributed by atoms with Crippen LogP contribution in [0.1, 0.15) is 19.4 Å². The normalized spacial score (nSPS) is 11.8. The molecule has 0 aliphatic rings. The SMILES string of the molecule is Cc1ccc(F)c(NC(=NC(C)C)NN)c1. The standard InChI is InChI=1S/C11H17FN4/c1-7(2)14-11(16-13)15-10-6-8(3)4-5-9(10)12/h4-7H,13H2,1-3H3,(H2,14,15,16). The van der Waals surface area contributed by atoms with Crippen molar-refractivity contribution < 1.29 is 4.39 Å². The van der Waals surface area contributed by atoms with Crippen LogP contribution in [0.25, 0.3) is 0 Å². The van der Waals surface area contributed by atoms with E-state index in [1.807, 2.05) is 20.8 Å². The van der Waals surface area contributed by atoms with Crippen LogP contribution >= 0.6 is 0 Å². The fraction of sp³-hybridized carbons (Fsp3) is 0.364. The molecule has 0 aliphatic carbocycles. The molecule has 0 unspecified atom stereocenters. The third kappa shape index (κ3) is 3.51. The zero-order valence-electron chi connectivity index (χ0n) is 9.71. The van der Waals surface area contributed by atoms with E-state index in [4.69, 9.17) is 5.84 Å². The minimum atomic E-state index is -0.336. The molecule has 5 heteroatoms. The smallest absolute Gasteiger partial charge is 0.210 e. The van der Waals surface area contributed by atoms with Gasteiger partial charge in [-0.25, -0.2) is 15.2 Å². The van der Waals surface area contributed by atoms with E-state index in [0.29, 0.717) is 11.6 Å². The Labute approximate surface area is 94.7 Å². The van der Waals surface area contributed by atoms with Gasteiger partial charge in [0.25, 0.3) is 0 Å². The number of nitrogens with two attached hydrogens (primary N) is 1. The summed E-state index contributed by atoms with van der Waals surface area (Å²) in [5.74, 6) is 5.30. The molecular formula is C11H17FN4. The van der Waals surface area contributed by atoms with E-state index in [1.165, 1.54) is 6.07 Å². The summed E-state index contributed by atoms with van der Waals surface area (Å²) in [6.07, 6.45) is 0. The van der Waals surface area contributed by atoms with Gasteiger partial charge in [-0.3, -0.25) is 5.43 Å². The molecule has 16 heavy (non-hydrogen) atoms. The zero-order chi connectivity index (χ0) is 12.1. The summed E-state index contributed by atoms with van der Waals surface area (Å²) < 4.78 is 13.4. The van der Waals surface area contributed by atoms with Crippen molar-refractivity contribution in [3.05, 3.63) is 29.6 Å². The lowest BCUT2D eigenvalue weighted by atomic mass is 10.2. The highest BCUT2D eigenvalue weighted by atomic mass is 19.1. The van der Waals surface area contributed by atoms with Crippen molar-refractivity contribution in [1.82, 2.24) is 5.43 Å². The quantitative estimate of drug-likeness (QED) is 0.310. The lowest BCUT2D eigenvalue weighted by Crippen LogP contribution is -2.37. The van der Waals surface area contributed by atoms with Gasteiger partial charge in [0, 0.05) is 6.04 Å². The zero-order valence-corrected chi connectivity index (χ0v) is 9.71. The van der Waals surface area contributed by atoms with Crippen LogP contribution in [0.5, 0.6) is 0 Å². The van der Waals surface area contributed by atoms with Crippen molar-refractivity contribution in [1.29, 1.82) is 0 Å². The molecule has 0 bridgehead atoms. The minimum Gasteiger partial charge on any atom is -0.323 e. The monoisotopic (exact) mass is 224 g/mol. The Bertz CT molecular complexity index is 388. The lowest BCUT2D eigenvalue weighted by Gasteiger charge is -2.11. The molecule has 4 nitrogen and oxygen atoms in total. The number of aliphatic imine (C=N–C) groups is 1. The van der Waals surface area contributed by atoms with E-state index in [1.54, 1.807) is 12.1 Å². The molecule has 0 heterocycles. The van der Waals surface area contributed by atoms with Crippen LogP contribution in [0.4, 0.5) is 10.1 Å². The number of nitrogens with one attached hydrogen (secondary N) is 2. The highest BCUT2D eigenvalue weighted by Crippen LogP contribution is 2.15. The predicted molar refractivity (Wildman–Crippen MR) is 64.7 cm³/mol. The van der Waals surface area contributed by atoms with Crippen LogP contribution in [-0.4, -0.2) is 12.0 Å². The van der Waals surface area contributed by atoms with E-state index in [2.05, 4.69) is 15.7 Å². The van der Waals surface area contributed by atoms with Crippen LogP contribution in [-0.2, 0) is 0 Å². The Kier molecular flexibility index (Phi) is 4.25. The Morgan fingerprint density at radius 2 is 2.12 bits per heavy atom. The van der Waals surface area contributed by atoms with E-state index in [0.717, 1.165) is 5.56 Å². The molecule has 0 saturated heterocycles. The van der Waals surface area contributed by atoms with Crippen LogP contribution in [0.3, 0.4) is 0 Å². The Morgan fingerprint density at radius 3 is 2.69 bits per heavy atom. The molecule has 0 fully saturated rings. The van der Waals surface area contributed by atoms with Crippen molar-refractivity contribution in [3.63, 3.8) is 0 Å². The highest BCUT2D eigenvalue weighted by molar-refractivity contribution is 5.93. The predicted octanol–water partition coefficient (Wildman–Crippen LogP) is 1.77. The highest BCUT2D eigenvalue weighted by Gasteiger charge is 2.05. The molecule has 0 spiro atoms. The average Bonchev–Trinajstić information content (AvgIpc) is 2.21. The second kappa shape index (κ2) is 5.46. The number of halogens is 1. The summed E-state index contributed by atoms with van der Waals surface area (Å²) in [5.41, 5.74) is 3.72. The molecule has 0 atom stereocenters. The van der Waals surface area contributed by atoms with Gasteiger partial charge in [-0.05, 0) is 38.5 Å². The van der Waals surface area contributed by atoms with Gasteiger partial charge in [0.15, 0.2) is 0 Å². The van der Waals surface area contributed by atoms with Crippen LogP contribution < -0.4 is 16.6 Å². The summed E-state index contributed by atoms with van der Waals surface area (Å²) in [5, 5.41) is 2.81. The number of nitrogens with zero attached hydrogens (tertiary/aromatic N) is 1. The van der Waals surface area contributed by atoms with Gasteiger partial charge in [-0.2, -0.15) is 0 Å². The molecule has 0 amide bonds. The third-order valence-corrected chi connectivity index (χ3v) is 1.90. The molecule has 0 aromatic heterocycles. The van der Waals surface area contributed by atoms with Gasteiger partial charge in [-0.1, -0.05) is 6.07 Å². The maximum absolute atomic E-state index is 13.4.